The van der Waals surface area contributed by atoms with Crippen molar-refractivity contribution in [3.8, 4) is 5.75 Å². The maximum absolute atomic E-state index is 5.57. The second-order valence-electron chi connectivity index (χ2n) is 5.85. The van der Waals surface area contributed by atoms with Crippen molar-refractivity contribution in [2.45, 2.75) is 25.3 Å². The van der Waals surface area contributed by atoms with E-state index in [4.69, 9.17) is 4.74 Å². The Labute approximate surface area is 129 Å². The summed E-state index contributed by atoms with van der Waals surface area (Å²) in [6.07, 6.45) is 5.85. The van der Waals surface area contributed by atoms with Crippen LogP contribution in [0.25, 0.3) is 0 Å². The largest absolute Gasteiger partial charge is 0.495 e. The fourth-order valence-corrected chi connectivity index (χ4v) is 4.67. The number of rotatable bonds is 2. The first kappa shape index (κ1) is 13.0. The van der Waals surface area contributed by atoms with E-state index in [2.05, 4.69) is 48.7 Å². The Morgan fingerprint density at radius 1 is 1.24 bits per heavy atom. The molecule has 3 atom stereocenters. The predicted molar refractivity (Wildman–Crippen MR) is 88.4 cm³/mol. The average molecular weight is 297 g/mol. The topological polar surface area (TPSA) is 21.3 Å². The van der Waals surface area contributed by atoms with Crippen molar-refractivity contribution in [1.82, 2.24) is 0 Å². The van der Waals surface area contributed by atoms with Gasteiger partial charge in [-0.2, -0.15) is 0 Å². The Morgan fingerprint density at radius 2 is 2.14 bits per heavy atom. The molecule has 2 aliphatic rings. The van der Waals surface area contributed by atoms with Crippen LogP contribution in [0.3, 0.4) is 0 Å². The Bertz CT molecular complexity index is 703. The normalized spacial score (nSPS) is 26.1. The molecule has 108 valence electrons. The summed E-state index contributed by atoms with van der Waals surface area (Å²) in [6, 6.07) is 11.2. The minimum Gasteiger partial charge on any atom is -0.495 e. The van der Waals surface area contributed by atoms with Gasteiger partial charge < -0.3 is 10.1 Å². The molecule has 2 heterocycles. The smallest absolute Gasteiger partial charge is 0.142 e. The minimum absolute atomic E-state index is 0.382. The Balaban J connectivity index is 1.82. The molecule has 0 fully saturated rings. The molecule has 3 heteroatoms. The third-order valence-electron chi connectivity index (χ3n) is 4.65. The quantitative estimate of drug-likeness (QED) is 0.797. The highest BCUT2D eigenvalue weighted by atomic mass is 32.1. The Kier molecular flexibility index (Phi) is 3.03. The molecule has 0 saturated heterocycles. The van der Waals surface area contributed by atoms with E-state index in [-0.39, 0.29) is 0 Å². The third-order valence-corrected chi connectivity index (χ3v) is 5.73. The Morgan fingerprint density at radius 3 is 2.90 bits per heavy atom. The molecule has 0 spiro atoms. The van der Waals surface area contributed by atoms with Crippen molar-refractivity contribution in [2.24, 2.45) is 5.92 Å². The molecule has 0 radical (unpaired) electrons. The summed E-state index contributed by atoms with van der Waals surface area (Å²) in [4.78, 5) is 2.81. The van der Waals surface area contributed by atoms with E-state index >= 15 is 0 Å². The number of para-hydroxylation sites is 1. The highest BCUT2D eigenvalue weighted by Gasteiger charge is 2.39. The van der Waals surface area contributed by atoms with Crippen LogP contribution in [0.15, 0.2) is 42.5 Å². The number of hydrogen-bond acceptors (Lipinski definition) is 3. The molecule has 1 aromatic carbocycles. The van der Waals surface area contributed by atoms with Gasteiger partial charge in [0.1, 0.15) is 5.75 Å². The summed E-state index contributed by atoms with van der Waals surface area (Å²) in [5.74, 6) is 2.07. The van der Waals surface area contributed by atoms with Gasteiger partial charge in [0, 0.05) is 15.7 Å². The molecule has 1 aliphatic carbocycles. The van der Waals surface area contributed by atoms with Gasteiger partial charge in [-0.15, -0.1) is 11.3 Å². The van der Waals surface area contributed by atoms with Gasteiger partial charge in [-0.25, -0.2) is 0 Å². The maximum atomic E-state index is 5.57. The molecule has 2 aromatic rings. The van der Waals surface area contributed by atoms with Crippen molar-refractivity contribution in [3.05, 3.63) is 57.8 Å². The number of thiophene rings is 1. The molecule has 3 unspecified atom stereocenters. The van der Waals surface area contributed by atoms with E-state index in [1.165, 1.54) is 21.0 Å². The van der Waals surface area contributed by atoms with E-state index in [1.54, 1.807) is 7.11 Å². The van der Waals surface area contributed by atoms with Crippen LogP contribution < -0.4 is 10.1 Å². The second kappa shape index (κ2) is 4.92. The van der Waals surface area contributed by atoms with Crippen LogP contribution in [0.5, 0.6) is 5.75 Å². The minimum atomic E-state index is 0.382. The van der Waals surface area contributed by atoms with E-state index < -0.39 is 0 Å². The average Bonchev–Trinajstić information content (AvgIpc) is 3.14. The first-order chi connectivity index (χ1) is 10.3. The molecule has 1 N–H and O–H groups in total. The van der Waals surface area contributed by atoms with Crippen molar-refractivity contribution in [2.75, 3.05) is 12.4 Å². The number of hydrogen-bond donors (Lipinski definition) is 1. The molecule has 0 amide bonds. The fraction of sp³-hybridized carbons (Fsp3) is 0.333. The summed E-state index contributed by atoms with van der Waals surface area (Å²) < 4.78 is 5.57. The first-order valence-corrected chi connectivity index (χ1v) is 8.26. The lowest BCUT2D eigenvalue weighted by Gasteiger charge is -2.37. The van der Waals surface area contributed by atoms with Gasteiger partial charge in [0.2, 0.25) is 0 Å². The molecule has 1 aliphatic heterocycles. The van der Waals surface area contributed by atoms with Crippen LogP contribution in [0.2, 0.25) is 0 Å². The number of methoxy groups -OCH3 is 1. The number of nitrogens with one attached hydrogen (secondary N) is 1. The van der Waals surface area contributed by atoms with Crippen LogP contribution in [0.4, 0.5) is 5.69 Å². The molecule has 0 bridgehead atoms. The molecule has 21 heavy (non-hydrogen) atoms. The molecule has 2 nitrogen and oxygen atoms in total. The highest BCUT2D eigenvalue weighted by molar-refractivity contribution is 7.12. The molecular formula is C18H19NOS. The van der Waals surface area contributed by atoms with E-state index in [1.807, 2.05) is 17.4 Å². The number of aryl methyl sites for hydroxylation is 1. The van der Waals surface area contributed by atoms with Crippen molar-refractivity contribution >= 4 is 17.0 Å². The van der Waals surface area contributed by atoms with Crippen molar-refractivity contribution in [1.29, 1.82) is 0 Å². The SMILES string of the molecule is COc1cccc2c1NC(c1ccc(C)s1)C1CC=CC21. The maximum Gasteiger partial charge on any atom is 0.142 e. The number of anilines is 1. The van der Waals surface area contributed by atoms with Crippen LogP contribution in [0.1, 0.15) is 33.7 Å². The van der Waals surface area contributed by atoms with Crippen LogP contribution >= 0.6 is 11.3 Å². The van der Waals surface area contributed by atoms with E-state index in [0.29, 0.717) is 17.9 Å². The molecule has 0 saturated carbocycles. The zero-order valence-corrected chi connectivity index (χ0v) is 13.1. The number of fused-ring (bicyclic) bond motifs is 3. The molecular weight excluding hydrogens is 278 g/mol. The van der Waals surface area contributed by atoms with E-state index in [0.717, 1.165) is 12.2 Å². The molecule has 4 rings (SSSR count). The summed E-state index contributed by atoms with van der Waals surface area (Å²) in [6.45, 7) is 2.18. The van der Waals surface area contributed by atoms with Crippen LogP contribution in [-0.2, 0) is 0 Å². The fourth-order valence-electron chi connectivity index (χ4n) is 3.67. The summed E-state index contributed by atoms with van der Waals surface area (Å²) in [7, 11) is 1.75. The lowest BCUT2D eigenvalue weighted by Crippen LogP contribution is -2.28. The van der Waals surface area contributed by atoms with Gasteiger partial charge in [-0.1, -0.05) is 24.3 Å². The summed E-state index contributed by atoms with van der Waals surface area (Å²) in [5.41, 5.74) is 2.54. The zero-order valence-electron chi connectivity index (χ0n) is 12.3. The van der Waals surface area contributed by atoms with Crippen LogP contribution in [-0.4, -0.2) is 7.11 Å². The van der Waals surface area contributed by atoms with Gasteiger partial charge in [0.05, 0.1) is 18.8 Å². The second-order valence-corrected chi connectivity index (χ2v) is 7.17. The van der Waals surface area contributed by atoms with Gasteiger partial charge >= 0.3 is 0 Å². The monoisotopic (exact) mass is 297 g/mol. The van der Waals surface area contributed by atoms with Crippen molar-refractivity contribution in [3.63, 3.8) is 0 Å². The van der Waals surface area contributed by atoms with Gasteiger partial charge in [0.25, 0.3) is 0 Å². The summed E-state index contributed by atoms with van der Waals surface area (Å²) in [5, 5.41) is 3.76. The van der Waals surface area contributed by atoms with E-state index in [9.17, 15) is 0 Å². The summed E-state index contributed by atoms with van der Waals surface area (Å²) >= 11 is 1.90. The van der Waals surface area contributed by atoms with Gasteiger partial charge in [-0.3, -0.25) is 0 Å². The predicted octanol–water partition coefficient (Wildman–Crippen LogP) is 4.89. The van der Waals surface area contributed by atoms with Gasteiger partial charge in [0.15, 0.2) is 0 Å². The third kappa shape index (κ3) is 1.99. The van der Waals surface area contributed by atoms with Crippen molar-refractivity contribution < 1.29 is 4.74 Å². The first-order valence-electron chi connectivity index (χ1n) is 7.44. The lowest BCUT2D eigenvalue weighted by atomic mass is 9.79. The number of ether oxygens (including phenoxy) is 1. The van der Waals surface area contributed by atoms with Gasteiger partial charge in [-0.05, 0) is 43.0 Å². The molecule has 1 aromatic heterocycles. The van der Waals surface area contributed by atoms with Crippen LogP contribution in [0, 0.1) is 12.8 Å². The lowest BCUT2D eigenvalue weighted by molar-refractivity contribution is 0.399. The Hall–Kier alpha value is -1.74. The highest BCUT2D eigenvalue weighted by Crippen LogP contribution is 2.52. The standard InChI is InChI=1S/C18H19NOS/c1-11-9-10-16(21-11)18-14-6-3-5-12(14)13-7-4-8-15(20-2)17(13)19-18/h3-5,7-10,12,14,18-19H,6H2,1-2H3. The number of benzene rings is 1. The number of allylic oxidation sites excluding steroid dienone is 2. The zero-order chi connectivity index (χ0) is 14.4.